The van der Waals surface area contributed by atoms with E-state index in [9.17, 15) is 4.79 Å². The summed E-state index contributed by atoms with van der Waals surface area (Å²) in [6.07, 6.45) is 3.00. The van der Waals surface area contributed by atoms with Crippen LogP contribution in [-0.2, 0) is 0 Å². The molecular formula is C13H10N4O. The molecule has 5 nitrogen and oxygen atoms in total. The van der Waals surface area contributed by atoms with Crippen LogP contribution >= 0.6 is 0 Å². The molecule has 5 heteroatoms. The molecule has 0 fully saturated rings. The highest BCUT2D eigenvalue weighted by Gasteiger charge is 2.06. The molecule has 0 saturated heterocycles. The molecular weight excluding hydrogens is 228 g/mol. The van der Waals surface area contributed by atoms with Crippen LogP contribution in [0.3, 0.4) is 0 Å². The summed E-state index contributed by atoms with van der Waals surface area (Å²) in [6, 6.07) is 11.6. The van der Waals surface area contributed by atoms with Crippen molar-refractivity contribution in [1.29, 1.82) is 0 Å². The van der Waals surface area contributed by atoms with Crippen molar-refractivity contribution in [3.63, 3.8) is 0 Å². The van der Waals surface area contributed by atoms with Gasteiger partial charge in [0.1, 0.15) is 0 Å². The van der Waals surface area contributed by atoms with Crippen LogP contribution in [0.1, 0.15) is 10.4 Å². The maximum Gasteiger partial charge on any atom is 0.251 e. The molecule has 0 aliphatic rings. The van der Waals surface area contributed by atoms with Gasteiger partial charge in [0, 0.05) is 11.6 Å². The average molecular weight is 238 g/mol. The highest BCUT2D eigenvalue weighted by Crippen LogP contribution is 2.14. The Kier molecular flexibility index (Phi) is 2.30. The Bertz CT molecular complexity index is 732. The normalized spacial score (nSPS) is 10.7. The molecule has 0 bridgehead atoms. The molecule has 1 amide bonds. The van der Waals surface area contributed by atoms with Crippen LogP contribution < -0.4 is 5.73 Å². The second-order valence-corrected chi connectivity index (χ2v) is 3.90. The Labute approximate surface area is 103 Å². The molecule has 1 aromatic carbocycles. The summed E-state index contributed by atoms with van der Waals surface area (Å²) >= 11 is 0. The molecule has 0 saturated carbocycles. The molecule has 3 rings (SSSR count). The van der Waals surface area contributed by atoms with E-state index < -0.39 is 5.91 Å². The standard InChI is InChI=1S/C13H10N4O/c14-13(18)10-7-15-17(8-10)12-6-5-9-3-1-2-4-11(9)16-12/h1-8H,(H2,14,18). The fourth-order valence-corrected chi connectivity index (χ4v) is 1.76. The van der Waals surface area contributed by atoms with E-state index in [-0.39, 0.29) is 0 Å². The molecule has 0 unspecified atom stereocenters. The van der Waals surface area contributed by atoms with E-state index in [1.54, 1.807) is 6.20 Å². The van der Waals surface area contributed by atoms with Gasteiger partial charge >= 0.3 is 0 Å². The van der Waals surface area contributed by atoms with Crippen molar-refractivity contribution in [2.75, 3.05) is 0 Å². The van der Waals surface area contributed by atoms with Gasteiger partial charge in [0.2, 0.25) is 0 Å². The maximum atomic E-state index is 11.0. The molecule has 2 N–H and O–H groups in total. The van der Waals surface area contributed by atoms with Crippen LogP contribution in [0.2, 0.25) is 0 Å². The van der Waals surface area contributed by atoms with E-state index in [0.717, 1.165) is 10.9 Å². The Morgan fingerprint density at radius 3 is 2.78 bits per heavy atom. The maximum absolute atomic E-state index is 11.0. The summed E-state index contributed by atoms with van der Waals surface area (Å²) in [6.45, 7) is 0. The lowest BCUT2D eigenvalue weighted by molar-refractivity contribution is 0.100. The first-order chi connectivity index (χ1) is 8.74. The molecule has 88 valence electrons. The molecule has 0 radical (unpaired) electrons. The molecule has 2 heterocycles. The third-order valence-electron chi connectivity index (χ3n) is 2.69. The lowest BCUT2D eigenvalue weighted by Gasteiger charge is -2.02. The monoisotopic (exact) mass is 238 g/mol. The van der Waals surface area contributed by atoms with Crippen LogP contribution in [-0.4, -0.2) is 20.7 Å². The lowest BCUT2D eigenvalue weighted by atomic mass is 10.2. The topological polar surface area (TPSA) is 73.8 Å². The zero-order valence-electron chi connectivity index (χ0n) is 9.45. The number of carbonyl (C=O) groups excluding carboxylic acids is 1. The number of benzene rings is 1. The third kappa shape index (κ3) is 1.71. The summed E-state index contributed by atoms with van der Waals surface area (Å²) in [4.78, 5) is 15.5. The molecule has 18 heavy (non-hydrogen) atoms. The quantitative estimate of drug-likeness (QED) is 0.735. The Hall–Kier alpha value is -2.69. The van der Waals surface area contributed by atoms with Gasteiger partial charge in [-0.3, -0.25) is 4.79 Å². The van der Waals surface area contributed by atoms with Gasteiger partial charge in [-0.2, -0.15) is 5.10 Å². The van der Waals surface area contributed by atoms with Gasteiger partial charge < -0.3 is 5.73 Å². The van der Waals surface area contributed by atoms with E-state index in [2.05, 4.69) is 10.1 Å². The van der Waals surface area contributed by atoms with E-state index in [1.165, 1.54) is 10.9 Å². The second-order valence-electron chi connectivity index (χ2n) is 3.90. The minimum Gasteiger partial charge on any atom is -0.366 e. The number of nitrogens with zero attached hydrogens (tertiary/aromatic N) is 3. The lowest BCUT2D eigenvalue weighted by Crippen LogP contribution is -2.09. The Balaban J connectivity index is 2.10. The number of rotatable bonds is 2. The predicted molar refractivity (Wildman–Crippen MR) is 67.4 cm³/mol. The number of hydrogen-bond donors (Lipinski definition) is 1. The summed E-state index contributed by atoms with van der Waals surface area (Å²) in [5.41, 5.74) is 6.43. The molecule has 3 aromatic rings. The number of hydrogen-bond acceptors (Lipinski definition) is 3. The SMILES string of the molecule is NC(=O)c1cnn(-c2ccc3ccccc3n2)c1. The number of fused-ring (bicyclic) bond motifs is 1. The minimum atomic E-state index is -0.498. The number of primary amides is 1. The van der Waals surface area contributed by atoms with Crippen molar-refractivity contribution in [2.45, 2.75) is 0 Å². The first-order valence-electron chi connectivity index (χ1n) is 5.45. The highest BCUT2D eigenvalue weighted by molar-refractivity contribution is 5.92. The summed E-state index contributed by atoms with van der Waals surface area (Å²) in [5.74, 6) is 0.156. The van der Waals surface area contributed by atoms with Gasteiger partial charge in [-0.15, -0.1) is 0 Å². The number of carbonyl (C=O) groups is 1. The van der Waals surface area contributed by atoms with Gasteiger partial charge in [0.05, 0.1) is 17.3 Å². The zero-order chi connectivity index (χ0) is 12.5. The van der Waals surface area contributed by atoms with E-state index >= 15 is 0 Å². The minimum absolute atomic E-state index is 0.366. The molecule has 0 spiro atoms. The molecule has 0 atom stereocenters. The number of amides is 1. The van der Waals surface area contributed by atoms with Crippen molar-refractivity contribution < 1.29 is 4.79 Å². The van der Waals surface area contributed by atoms with E-state index in [4.69, 9.17) is 5.73 Å². The average Bonchev–Trinajstić information content (AvgIpc) is 2.88. The fourth-order valence-electron chi connectivity index (χ4n) is 1.76. The number of para-hydroxylation sites is 1. The van der Waals surface area contributed by atoms with Crippen molar-refractivity contribution in [1.82, 2.24) is 14.8 Å². The van der Waals surface area contributed by atoms with Crippen LogP contribution in [0.4, 0.5) is 0 Å². The summed E-state index contributed by atoms with van der Waals surface area (Å²) < 4.78 is 1.53. The predicted octanol–water partition coefficient (Wildman–Crippen LogP) is 1.52. The third-order valence-corrected chi connectivity index (χ3v) is 2.69. The van der Waals surface area contributed by atoms with E-state index in [0.29, 0.717) is 11.4 Å². The molecule has 0 aliphatic carbocycles. The van der Waals surface area contributed by atoms with Gasteiger partial charge in [-0.1, -0.05) is 18.2 Å². The van der Waals surface area contributed by atoms with Crippen molar-refractivity contribution in [3.05, 3.63) is 54.4 Å². The second kappa shape index (κ2) is 3.96. The number of nitrogens with two attached hydrogens (primary N) is 1. The van der Waals surface area contributed by atoms with Gasteiger partial charge in [0.15, 0.2) is 5.82 Å². The smallest absolute Gasteiger partial charge is 0.251 e. The van der Waals surface area contributed by atoms with Gasteiger partial charge in [0.25, 0.3) is 5.91 Å². The van der Waals surface area contributed by atoms with Gasteiger partial charge in [-0.05, 0) is 18.2 Å². The molecule has 2 aromatic heterocycles. The Morgan fingerprint density at radius 2 is 2.00 bits per heavy atom. The summed E-state index contributed by atoms with van der Waals surface area (Å²) in [7, 11) is 0. The van der Waals surface area contributed by atoms with Gasteiger partial charge in [-0.25, -0.2) is 9.67 Å². The largest absolute Gasteiger partial charge is 0.366 e. The van der Waals surface area contributed by atoms with Crippen LogP contribution in [0.25, 0.3) is 16.7 Å². The summed E-state index contributed by atoms with van der Waals surface area (Å²) in [5, 5.41) is 5.13. The fraction of sp³-hybridized carbons (Fsp3) is 0. The molecule has 0 aliphatic heterocycles. The first-order valence-corrected chi connectivity index (χ1v) is 5.45. The van der Waals surface area contributed by atoms with Crippen molar-refractivity contribution in [3.8, 4) is 5.82 Å². The van der Waals surface area contributed by atoms with Crippen LogP contribution in [0.5, 0.6) is 0 Å². The van der Waals surface area contributed by atoms with Crippen molar-refractivity contribution in [2.24, 2.45) is 5.73 Å². The highest BCUT2D eigenvalue weighted by atomic mass is 16.1. The number of pyridine rings is 1. The Morgan fingerprint density at radius 1 is 1.17 bits per heavy atom. The van der Waals surface area contributed by atoms with Crippen LogP contribution in [0, 0.1) is 0 Å². The van der Waals surface area contributed by atoms with E-state index in [1.807, 2.05) is 36.4 Å². The van der Waals surface area contributed by atoms with Crippen LogP contribution in [0.15, 0.2) is 48.8 Å². The zero-order valence-corrected chi connectivity index (χ0v) is 9.45. The van der Waals surface area contributed by atoms with Crippen molar-refractivity contribution >= 4 is 16.8 Å². The first kappa shape index (κ1) is 10.5. The number of aromatic nitrogens is 3.